The molecule has 5 nitrogen and oxygen atoms in total. The Balaban J connectivity index is 1.56. The minimum atomic E-state index is -0.616. The van der Waals surface area contributed by atoms with Gasteiger partial charge in [-0.05, 0) is 42.7 Å². The normalized spacial score (nSPS) is 22.6. The lowest BCUT2D eigenvalue weighted by atomic mass is 9.75. The first-order valence-corrected chi connectivity index (χ1v) is 9.66. The van der Waals surface area contributed by atoms with Crippen molar-refractivity contribution in [2.24, 2.45) is 17.8 Å². The second-order valence-corrected chi connectivity index (χ2v) is 7.82. The molecule has 0 radical (unpaired) electrons. The van der Waals surface area contributed by atoms with Crippen molar-refractivity contribution < 1.29 is 19.1 Å². The molecular formula is C22H27NO4. The van der Waals surface area contributed by atoms with Crippen LogP contribution in [0.5, 0.6) is 0 Å². The summed E-state index contributed by atoms with van der Waals surface area (Å²) in [5.41, 5.74) is 0.901. The number of ether oxygens (including phenoxy) is 2. The Morgan fingerprint density at radius 3 is 2.70 bits per heavy atom. The zero-order chi connectivity index (χ0) is 19.4. The van der Waals surface area contributed by atoms with Crippen LogP contribution in [0.1, 0.15) is 50.5 Å². The molecule has 5 heteroatoms. The van der Waals surface area contributed by atoms with Crippen molar-refractivity contribution >= 4 is 22.8 Å². The minimum absolute atomic E-state index is 0.0984. The maximum Gasteiger partial charge on any atom is 0.357 e. The number of rotatable bonds is 5. The number of hydrogen-bond acceptors (Lipinski definition) is 5. The molecule has 0 saturated heterocycles. The van der Waals surface area contributed by atoms with Gasteiger partial charge in [-0.15, -0.1) is 0 Å². The van der Waals surface area contributed by atoms with E-state index in [2.05, 4.69) is 25.8 Å². The third-order valence-electron chi connectivity index (χ3n) is 5.37. The van der Waals surface area contributed by atoms with Gasteiger partial charge in [-0.3, -0.25) is 0 Å². The fourth-order valence-electron chi connectivity index (χ4n) is 3.83. The summed E-state index contributed by atoms with van der Waals surface area (Å²) in [5.74, 6) is 0.258. The van der Waals surface area contributed by atoms with Crippen LogP contribution in [0.3, 0.4) is 0 Å². The van der Waals surface area contributed by atoms with Gasteiger partial charge in [0.05, 0.1) is 5.52 Å². The fraction of sp³-hybridized carbons (Fsp3) is 0.500. The topological polar surface area (TPSA) is 65.5 Å². The Kier molecular flexibility index (Phi) is 6.09. The molecule has 1 fully saturated rings. The Hall–Kier alpha value is -2.43. The van der Waals surface area contributed by atoms with Crippen molar-refractivity contribution in [2.75, 3.05) is 6.61 Å². The molecule has 1 saturated carbocycles. The van der Waals surface area contributed by atoms with E-state index in [-0.39, 0.29) is 18.4 Å². The number of pyridine rings is 1. The maximum atomic E-state index is 12.2. The first-order chi connectivity index (χ1) is 12.9. The van der Waals surface area contributed by atoms with Gasteiger partial charge in [-0.25, -0.2) is 14.6 Å². The fourth-order valence-corrected chi connectivity index (χ4v) is 3.83. The molecule has 0 amide bonds. The number of nitrogens with zero attached hydrogens (tertiary/aromatic N) is 1. The number of fused-ring (bicyclic) bond motifs is 1. The molecule has 0 aliphatic heterocycles. The Labute approximate surface area is 160 Å². The van der Waals surface area contributed by atoms with Crippen molar-refractivity contribution in [1.82, 2.24) is 4.98 Å². The summed E-state index contributed by atoms with van der Waals surface area (Å²) < 4.78 is 10.8. The lowest BCUT2D eigenvalue weighted by Gasteiger charge is -2.36. The number of carbonyl (C=O) groups excluding carboxylic acids is 2. The average Bonchev–Trinajstić information content (AvgIpc) is 2.65. The van der Waals surface area contributed by atoms with Crippen molar-refractivity contribution in [2.45, 2.75) is 46.1 Å². The van der Waals surface area contributed by atoms with E-state index < -0.39 is 11.9 Å². The molecule has 3 unspecified atom stereocenters. The molecule has 27 heavy (non-hydrogen) atoms. The van der Waals surface area contributed by atoms with E-state index in [9.17, 15) is 9.59 Å². The Bertz CT molecular complexity index is 817. The van der Waals surface area contributed by atoms with Gasteiger partial charge in [0, 0.05) is 5.39 Å². The minimum Gasteiger partial charge on any atom is -0.460 e. The summed E-state index contributed by atoms with van der Waals surface area (Å²) in [6.45, 7) is 6.12. The molecule has 3 rings (SSSR count). The van der Waals surface area contributed by atoms with Crippen LogP contribution in [0.25, 0.3) is 10.9 Å². The highest BCUT2D eigenvalue weighted by molar-refractivity contribution is 5.92. The van der Waals surface area contributed by atoms with Crippen LogP contribution >= 0.6 is 0 Å². The molecule has 2 aromatic rings. The number of carbonyl (C=O) groups is 2. The molecule has 0 N–H and O–H groups in total. The van der Waals surface area contributed by atoms with Gasteiger partial charge in [0.2, 0.25) is 0 Å². The van der Waals surface area contributed by atoms with E-state index in [1.165, 1.54) is 6.42 Å². The molecule has 1 aliphatic rings. The van der Waals surface area contributed by atoms with Gasteiger partial charge < -0.3 is 9.47 Å². The molecular weight excluding hydrogens is 342 g/mol. The van der Waals surface area contributed by atoms with Gasteiger partial charge in [0.15, 0.2) is 6.61 Å². The monoisotopic (exact) mass is 369 g/mol. The standard InChI is InChI=1S/C22H27NO4/c1-14(2)17-10-8-15(3)12-20(17)27-21(24)13-26-22(25)19-11-9-16-6-4-5-7-18(16)23-19/h4-7,9,11,14-15,17,20H,8,10,12-13H2,1-3H3. The van der Waals surface area contributed by atoms with Crippen molar-refractivity contribution in [3.63, 3.8) is 0 Å². The highest BCUT2D eigenvalue weighted by Gasteiger charge is 2.33. The number of hydrogen-bond donors (Lipinski definition) is 0. The van der Waals surface area contributed by atoms with Gasteiger partial charge >= 0.3 is 11.9 Å². The third-order valence-corrected chi connectivity index (χ3v) is 5.37. The SMILES string of the molecule is CC1CCC(C(C)C)C(OC(=O)COC(=O)c2ccc3ccccc3n2)C1. The van der Waals surface area contributed by atoms with E-state index in [0.717, 1.165) is 18.2 Å². The van der Waals surface area contributed by atoms with Crippen LogP contribution in [0.4, 0.5) is 0 Å². The van der Waals surface area contributed by atoms with E-state index in [1.807, 2.05) is 30.3 Å². The summed E-state index contributed by atoms with van der Waals surface area (Å²) in [4.78, 5) is 28.7. The number of benzene rings is 1. The molecule has 1 aliphatic carbocycles. The average molecular weight is 369 g/mol. The van der Waals surface area contributed by atoms with E-state index >= 15 is 0 Å². The highest BCUT2D eigenvalue weighted by atomic mass is 16.6. The largest absolute Gasteiger partial charge is 0.460 e. The molecule has 0 bridgehead atoms. The summed E-state index contributed by atoms with van der Waals surface area (Å²) >= 11 is 0. The maximum absolute atomic E-state index is 12.2. The predicted octanol–water partition coefficient (Wildman–Crippen LogP) is 4.40. The van der Waals surface area contributed by atoms with E-state index in [0.29, 0.717) is 23.3 Å². The lowest BCUT2D eigenvalue weighted by molar-refractivity contribution is -0.159. The van der Waals surface area contributed by atoms with Crippen LogP contribution in [0.15, 0.2) is 36.4 Å². The van der Waals surface area contributed by atoms with Crippen molar-refractivity contribution in [1.29, 1.82) is 0 Å². The molecule has 0 spiro atoms. The summed E-state index contributed by atoms with van der Waals surface area (Å²) in [5, 5.41) is 0.944. The smallest absolute Gasteiger partial charge is 0.357 e. The first kappa shape index (κ1) is 19.3. The Morgan fingerprint density at radius 1 is 1.15 bits per heavy atom. The molecule has 144 valence electrons. The van der Waals surface area contributed by atoms with E-state index in [4.69, 9.17) is 9.47 Å². The van der Waals surface area contributed by atoms with Crippen molar-refractivity contribution in [3.05, 3.63) is 42.1 Å². The number of para-hydroxylation sites is 1. The lowest BCUT2D eigenvalue weighted by Crippen LogP contribution is -2.36. The summed E-state index contributed by atoms with van der Waals surface area (Å²) in [6, 6.07) is 10.9. The van der Waals surface area contributed by atoms with Crippen LogP contribution in [-0.4, -0.2) is 29.6 Å². The van der Waals surface area contributed by atoms with Crippen molar-refractivity contribution in [3.8, 4) is 0 Å². The van der Waals surface area contributed by atoms with Gasteiger partial charge in [0.25, 0.3) is 0 Å². The van der Waals surface area contributed by atoms with Crippen LogP contribution in [0, 0.1) is 17.8 Å². The van der Waals surface area contributed by atoms with Crippen LogP contribution in [0.2, 0.25) is 0 Å². The third kappa shape index (κ3) is 4.85. The van der Waals surface area contributed by atoms with Gasteiger partial charge in [-0.1, -0.05) is 51.5 Å². The molecule has 1 aromatic carbocycles. The second kappa shape index (κ2) is 8.51. The predicted molar refractivity (Wildman–Crippen MR) is 103 cm³/mol. The quantitative estimate of drug-likeness (QED) is 0.731. The Morgan fingerprint density at radius 2 is 1.93 bits per heavy atom. The molecule has 1 aromatic heterocycles. The molecule has 3 atom stereocenters. The van der Waals surface area contributed by atoms with E-state index in [1.54, 1.807) is 6.07 Å². The van der Waals surface area contributed by atoms with Crippen LogP contribution in [-0.2, 0) is 14.3 Å². The summed E-state index contributed by atoms with van der Waals surface area (Å²) in [6.07, 6.45) is 3.00. The summed E-state index contributed by atoms with van der Waals surface area (Å²) in [7, 11) is 0. The zero-order valence-electron chi connectivity index (χ0n) is 16.2. The van der Waals surface area contributed by atoms with Crippen LogP contribution < -0.4 is 0 Å². The molecule has 1 heterocycles. The van der Waals surface area contributed by atoms with Gasteiger partial charge in [0.1, 0.15) is 11.8 Å². The highest BCUT2D eigenvalue weighted by Crippen LogP contribution is 2.35. The number of esters is 2. The number of aromatic nitrogens is 1. The first-order valence-electron chi connectivity index (χ1n) is 9.66. The zero-order valence-corrected chi connectivity index (χ0v) is 16.2. The van der Waals surface area contributed by atoms with Gasteiger partial charge in [-0.2, -0.15) is 0 Å². The second-order valence-electron chi connectivity index (χ2n) is 7.82.